The summed E-state index contributed by atoms with van der Waals surface area (Å²) in [5.41, 5.74) is 1.17. The molecule has 1 aromatic carbocycles. The van der Waals surface area contributed by atoms with Gasteiger partial charge >= 0.3 is 0 Å². The summed E-state index contributed by atoms with van der Waals surface area (Å²) in [5, 5.41) is 8.46. The summed E-state index contributed by atoms with van der Waals surface area (Å²) in [6.45, 7) is 1.92. The molecule has 0 heterocycles. The Hall–Kier alpha value is -1.35. The van der Waals surface area contributed by atoms with E-state index in [0.29, 0.717) is 6.61 Å². The fourth-order valence-electron chi connectivity index (χ4n) is 0.996. The molecule has 0 aromatic heterocycles. The number of aryl methyl sites for hydroxylation is 1. The maximum Gasteiger partial charge on any atom is 0.161 e. The zero-order chi connectivity index (χ0) is 10.4. The number of Topliss-reactive ketones (excluding diaryl/α,β-unsaturated/α-hetero) is 1. The molecule has 0 fully saturated rings. The van der Waals surface area contributed by atoms with Crippen molar-refractivity contribution in [2.45, 2.75) is 13.3 Å². The predicted octanol–water partition coefficient (Wildman–Crippen LogP) is 1.33. The number of carbonyl (C=O) groups excluding carboxylic acids is 1. The summed E-state index contributed by atoms with van der Waals surface area (Å²) in [6, 6.07) is 7.61. The van der Waals surface area contributed by atoms with Crippen LogP contribution in [0.25, 0.3) is 0 Å². The smallest absolute Gasteiger partial charge is 0.161 e. The molecule has 1 aromatic rings. The van der Waals surface area contributed by atoms with Gasteiger partial charge in [-0.15, -0.1) is 0 Å². The average molecular weight is 194 g/mol. The van der Waals surface area contributed by atoms with E-state index < -0.39 is 6.61 Å². The van der Waals surface area contributed by atoms with Crippen LogP contribution in [0.3, 0.4) is 0 Å². The molecule has 0 aliphatic carbocycles. The molecule has 3 heteroatoms. The van der Waals surface area contributed by atoms with Crippen LogP contribution in [0.15, 0.2) is 24.3 Å². The number of hydrogen-bond acceptors (Lipinski definition) is 3. The first kappa shape index (κ1) is 10.7. The molecule has 0 aliphatic heterocycles. The second-order valence-electron chi connectivity index (χ2n) is 3.11. The molecule has 0 saturated heterocycles. The Balaban J connectivity index is 2.31. The monoisotopic (exact) mass is 194 g/mol. The number of aliphatic hydroxyl groups excluding tert-OH is 1. The van der Waals surface area contributed by atoms with Crippen molar-refractivity contribution in [2.24, 2.45) is 0 Å². The number of carbonyl (C=O) groups is 1. The van der Waals surface area contributed by atoms with Gasteiger partial charge in [-0.1, -0.05) is 17.7 Å². The fourth-order valence-corrected chi connectivity index (χ4v) is 0.996. The molecule has 1 rings (SSSR count). The van der Waals surface area contributed by atoms with Crippen molar-refractivity contribution in [3.05, 3.63) is 29.8 Å². The van der Waals surface area contributed by atoms with Gasteiger partial charge in [0.05, 0.1) is 6.61 Å². The van der Waals surface area contributed by atoms with E-state index in [4.69, 9.17) is 9.84 Å². The molecule has 76 valence electrons. The number of rotatable bonds is 5. The van der Waals surface area contributed by atoms with E-state index in [2.05, 4.69) is 0 Å². The van der Waals surface area contributed by atoms with Gasteiger partial charge in [-0.3, -0.25) is 4.79 Å². The minimum atomic E-state index is -0.405. The van der Waals surface area contributed by atoms with Gasteiger partial charge in [-0.2, -0.15) is 0 Å². The van der Waals surface area contributed by atoms with Crippen molar-refractivity contribution in [3.8, 4) is 5.75 Å². The molecular formula is C11H14O3. The van der Waals surface area contributed by atoms with E-state index in [0.717, 1.165) is 5.75 Å². The molecule has 0 bridgehead atoms. The lowest BCUT2D eigenvalue weighted by Gasteiger charge is -2.04. The Morgan fingerprint density at radius 2 is 2.00 bits per heavy atom. The van der Waals surface area contributed by atoms with Crippen LogP contribution in [0.5, 0.6) is 5.75 Å². The van der Waals surface area contributed by atoms with Gasteiger partial charge in [-0.05, 0) is 19.1 Å². The second kappa shape index (κ2) is 5.40. The summed E-state index contributed by atoms with van der Waals surface area (Å²) in [7, 11) is 0. The van der Waals surface area contributed by atoms with Crippen molar-refractivity contribution in [3.63, 3.8) is 0 Å². The lowest BCUT2D eigenvalue weighted by Crippen LogP contribution is -2.09. The Kier molecular flexibility index (Phi) is 4.13. The van der Waals surface area contributed by atoms with Gasteiger partial charge in [0.15, 0.2) is 5.78 Å². The highest BCUT2D eigenvalue weighted by atomic mass is 16.5. The second-order valence-corrected chi connectivity index (χ2v) is 3.11. The van der Waals surface area contributed by atoms with Crippen molar-refractivity contribution in [1.82, 2.24) is 0 Å². The van der Waals surface area contributed by atoms with E-state index in [1.165, 1.54) is 5.56 Å². The third-order valence-electron chi connectivity index (χ3n) is 1.85. The molecule has 0 aliphatic rings. The number of benzene rings is 1. The first-order chi connectivity index (χ1) is 6.72. The quantitative estimate of drug-likeness (QED) is 0.769. The molecule has 0 unspecified atom stereocenters. The van der Waals surface area contributed by atoms with Gasteiger partial charge in [0, 0.05) is 6.42 Å². The molecule has 1 N–H and O–H groups in total. The summed E-state index contributed by atoms with van der Waals surface area (Å²) in [6.07, 6.45) is 0.254. The lowest BCUT2D eigenvalue weighted by atomic mass is 10.2. The van der Waals surface area contributed by atoms with Crippen LogP contribution in [0, 0.1) is 6.92 Å². The first-order valence-electron chi connectivity index (χ1n) is 4.54. The van der Waals surface area contributed by atoms with Crippen LogP contribution < -0.4 is 4.74 Å². The SMILES string of the molecule is Cc1ccc(OCCC(=O)CO)cc1. The fraction of sp³-hybridized carbons (Fsp3) is 0.364. The van der Waals surface area contributed by atoms with Crippen molar-refractivity contribution in [1.29, 1.82) is 0 Å². The molecule has 0 spiro atoms. The minimum absolute atomic E-state index is 0.197. The number of hydrogen-bond donors (Lipinski definition) is 1. The average Bonchev–Trinajstić information content (AvgIpc) is 2.21. The Bertz CT molecular complexity index is 290. The lowest BCUT2D eigenvalue weighted by molar-refractivity contribution is -0.122. The number of ether oxygens (including phenoxy) is 1. The summed E-state index contributed by atoms with van der Waals surface area (Å²) in [5.74, 6) is 0.554. The molecule has 0 atom stereocenters. The Morgan fingerprint density at radius 3 is 2.57 bits per heavy atom. The first-order valence-corrected chi connectivity index (χ1v) is 4.54. The van der Waals surface area contributed by atoms with Gasteiger partial charge in [0.1, 0.15) is 12.4 Å². The van der Waals surface area contributed by atoms with Crippen LogP contribution in [-0.2, 0) is 4.79 Å². The van der Waals surface area contributed by atoms with Gasteiger partial charge in [0.25, 0.3) is 0 Å². The van der Waals surface area contributed by atoms with Crippen molar-refractivity contribution < 1.29 is 14.6 Å². The van der Waals surface area contributed by atoms with Gasteiger partial charge in [-0.25, -0.2) is 0 Å². The van der Waals surface area contributed by atoms with Gasteiger partial charge in [0.2, 0.25) is 0 Å². The Morgan fingerprint density at radius 1 is 1.36 bits per heavy atom. The van der Waals surface area contributed by atoms with E-state index in [9.17, 15) is 4.79 Å². The molecule has 3 nitrogen and oxygen atoms in total. The summed E-state index contributed by atoms with van der Waals surface area (Å²) >= 11 is 0. The van der Waals surface area contributed by atoms with E-state index in [1.807, 2.05) is 31.2 Å². The molecular weight excluding hydrogens is 180 g/mol. The van der Waals surface area contributed by atoms with E-state index >= 15 is 0 Å². The summed E-state index contributed by atoms with van der Waals surface area (Å²) < 4.78 is 5.30. The van der Waals surface area contributed by atoms with Crippen LogP contribution in [0.2, 0.25) is 0 Å². The minimum Gasteiger partial charge on any atom is -0.493 e. The highest BCUT2D eigenvalue weighted by molar-refractivity contribution is 5.79. The van der Waals surface area contributed by atoms with E-state index in [1.54, 1.807) is 0 Å². The van der Waals surface area contributed by atoms with Crippen molar-refractivity contribution in [2.75, 3.05) is 13.2 Å². The summed E-state index contributed by atoms with van der Waals surface area (Å²) in [4.78, 5) is 10.7. The standard InChI is InChI=1S/C11H14O3/c1-9-2-4-11(5-3-9)14-7-6-10(13)8-12/h2-5,12H,6-8H2,1H3. The maximum atomic E-state index is 10.7. The van der Waals surface area contributed by atoms with Crippen LogP contribution in [0.1, 0.15) is 12.0 Å². The van der Waals surface area contributed by atoms with Crippen LogP contribution in [-0.4, -0.2) is 24.1 Å². The largest absolute Gasteiger partial charge is 0.493 e. The topological polar surface area (TPSA) is 46.5 Å². The zero-order valence-corrected chi connectivity index (χ0v) is 8.19. The zero-order valence-electron chi connectivity index (χ0n) is 8.19. The highest BCUT2D eigenvalue weighted by Gasteiger charge is 1.99. The highest BCUT2D eigenvalue weighted by Crippen LogP contribution is 2.11. The maximum absolute atomic E-state index is 10.7. The van der Waals surface area contributed by atoms with E-state index in [-0.39, 0.29) is 12.2 Å². The molecule has 0 saturated carbocycles. The number of aliphatic hydroxyl groups is 1. The normalized spacial score (nSPS) is 9.86. The predicted molar refractivity (Wildman–Crippen MR) is 53.4 cm³/mol. The third kappa shape index (κ3) is 3.58. The van der Waals surface area contributed by atoms with Crippen LogP contribution in [0.4, 0.5) is 0 Å². The van der Waals surface area contributed by atoms with Gasteiger partial charge < -0.3 is 9.84 Å². The van der Waals surface area contributed by atoms with Crippen LogP contribution >= 0.6 is 0 Å². The third-order valence-corrected chi connectivity index (χ3v) is 1.85. The number of ketones is 1. The Labute approximate surface area is 83.3 Å². The molecule has 14 heavy (non-hydrogen) atoms. The molecule has 0 amide bonds. The molecule has 0 radical (unpaired) electrons. The van der Waals surface area contributed by atoms with Crippen molar-refractivity contribution >= 4 is 5.78 Å².